The van der Waals surface area contributed by atoms with Gasteiger partial charge in [-0.15, -0.1) is 0 Å². The smallest absolute Gasteiger partial charge is 0.236 e. The number of aliphatic hydroxyl groups excluding tert-OH is 1. The Labute approximate surface area is 185 Å². The standard InChI is InChI=1S/C22H36N4O4S/c1-22(2,3)21-24-19-15-18(25(4)31(28,29)14-10-23-9-11-27)5-6-20(19)26(21)16-17-7-12-30-13-8-17/h5-6,15,17,23,27H,7-14,16H2,1-4H3. The van der Waals surface area contributed by atoms with Crippen LogP contribution in [0.15, 0.2) is 18.2 Å². The second-order valence-corrected chi connectivity index (χ2v) is 11.4. The summed E-state index contributed by atoms with van der Waals surface area (Å²) < 4.78 is 34.6. The fourth-order valence-electron chi connectivity index (χ4n) is 3.96. The molecule has 0 bridgehead atoms. The molecule has 8 nitrogen and oxygen atoms in total. The van der Waals surface area contributed by atoms with Crippen molar-refractivity contribution in [1.82, 2.24) is 14.9 Å². The van der Waals surface area contributed by atoms with Gasteiger partial charge >= 0.3 is 0 Å². The molecule has 0 spiro atoms. The van der Waals surface area contributed by atoms with E-state index in [1.54, 1.807) is 7.05 Å². The molecule has 2 N–H and O–H groups in total. The fourth-order valence-corrected chi connectivity index (χ4v) is 5.07. The highest BCUT2D eigenvalue weighted by Gasteiger charge is 2.26. The van der Waals surface area contributed by atoms with Gasteiger partial charge in [0.05, 0.1) is 29.1 Å². The normalized spacial score (nSPS) is 16.2. The first-order chi connectivity index (χ1) is 14.6. The van der Waals surface area contributed by atoms with Crippen LogP contribution >= 0.6 is 0 Å². The minimum absolute atomic E-state index is 0.0147. The predicted molar refractivity (Wildman–Crippen MR) is 124 cm³/mol. The molecule has 1 aliphatic heterocycles. The maximum Gasteiger partial charge on any atom is 0.236 e. The Morgan fingerprint density at radius 3 is 2.61 bits per heavy atom. The van der Waals surface area contributed by atoms with E-state index in [0.717, 1.165) is 49.5 Å². The molecule has 0 saturated carbocycles. The van der Waals surface area contributed by atoms with E-state index in [9.17, 15) is 8.42 Å². The number of benzene rings is 1. The third-order valence-corrected chi connectivity index (χ3v) is 7.56. The Balaban J connectivity index is 1.89. The van der Waals surface area contributed by atoms with Crippen LogP contribution in [-0.4, -0.2) is 68.8 Å². The number of hydrogen-bond donors (Lipinski definition) is 2. The van der Waals surface area contributed by atoms with Crippen LogP contribution in [0.5, 0.6) is 0 Å². The van der Waals surface area contributed by atoms with Crippen LogP contribution in [-0.2, 0) is 26.7 Å². The summed E-state index contributed by atoms with van der Waals surface area (Å²) in [5.74, 6) is 1.54. The van der Waals surface area contributed by atoms with Gasteiger partial charge in [-0.05, 0) is 37.0 Å². The lowest BCUT2D eigenvalue weighted by atomic mass is 9.94. The molecule has 1 aromatic heterocycles. The zero-order chi connectivity index (χ0) is 22.6. The van der Waals surface area contributed by atoms with Crippen LogP contribution in [0.25, 0.3) is 11.0 Å². The summed E-state index contributed by atoms with van der Waals surface area (Å²) in [6.07, 6.45) is 2.10. The van der Waals surface area contributed by atoms with Crippen molar-refractivity contribution in [2.24, 2.45) is 5.92 Å². The summed E-state index contributed by atoms with van der Waals surface area (Å²) in [6, 6.07) is 5.71. The van der Waals surface area contributed by atoms with E-state index in [4.69, 9.17) is 14.8 Å². The first kappa shape index (κ1) is 24.0. The van der Waals surface area contributed by atoms with Crippen LogP contribution in [0.3, 0.4) is 0 Å². The molecule has 1 aliphatic rings. The molecule has 0 atom stereocenters. The predicted octanol–water partition coefficient (Wildman–Crippen LogP) is 2.11. The van der Waals surface area contributed by atoms with Gasteiger partial charge in [0.15, 0.2) is 0 Å². The Morgan fingerprint density at radius 1 is 1.26 bits per heavy atom. The molecule has 9 heteroatoms. The van der Waals surface area contributed by atoms with Crippen LogP contribution < -0.4 is 9.62 Å². The largest absolute Gasteiger partial charge is 0.395 e. The highest BCUT2D eigenvalue weighted by Crippen LogP contribution is 2.31. The lowest BCUT2D eigenvalue weighted by Crippen LogP contribution is -2.34. The maximum atomic E-state index is 12.7. The van der Waals surface area contributed by atoms with Crippen molar-refractivity contribution in [3.63, 3.8) is 0 Å². The summed E-state index contributed by atoms with van der Waals surface area (Å²) in [4.78, 5) is 4.93. The molecule has 2 aromatic rings. The average molecular weight is 453 g/mol. The summed E-state index contributed by atoms with van der Waals surface area (Å²) >= 11 is 0. The molecule has 1 fully saturated rings. The van der Waals surface area contributed by atoms with E-state index in [1.807, 2.05) is 18.2 Å². The van der Waals surface area contributed by atoms with E-state index >= 15 is 0 Å². The van der Waals surface area contributed by atoms with Crippen LogP contribution in [0.1, 0.15) is 39.4 Å². The van der Waals surface area contributed by atoms with E-state index in [-0.39, 0.29) is 17.8 Å². The van der Waals surface area contributed by atoms with E-state index in [2.05, 4.69) is 30.7 Å². The molecule has 174 valence electrons. The van der Waals surface area contributed by atoms with Gasteiger partial charge in [0.25, 0.3) is 0 Å². The number of nitrogens with one attached hydrogen (secondary N) is 1. The Hall–Kier alpha value is -1.68. The van der Waals surface area contributed by atoms with Gasteiger partial charge in [0.1, 0.15) is 5.82 Å². The molecule has 3 rings (SSSR count). The summed E-state index contributed by atoms with van der Waals surface area (Å²) in [5.41, 5.74) is 2.33. The third kappa shape index (κ3) is 5.77. The SMILES string of the molecule is CN(c1ccc2c(c1)nc(C(C)(C)C)n2CC1CCOCC1)S(=O)(=O)CCNCCO. The van der Waals surface area contributed by atoms with Gasteiger partial charge in [-0.3, -0.25) is 4.31 Å². The first-order valence-corrected chi connectivity index (χ1v) is 12.6. The van der Waals surface area contributed by atoms with Crippen molar-refractivity contribution in [1.29, 1.82) is 0 Å². The van der Waals surface area contributed by atoms with Gasteiger partial charge < -0.3 is 19.7 Å². The van der Waals surface area contributed by atoms with Crippen LogP contribution in [0.4, 0.5) is 5.69 Å². The fraction of sp³-hybridized carbons (Fsp3) is 0.682. The quantitative estimate of drug-likeness (QED) is 0.566. The second-order valence-electron chi connectivity index (χ2n) is 9.28. The Bertz CT molecular complexity index is 975. The number of anilines is 1. The highest BCUT2D eigenvalue weighted by atomic mass is 32.2. The van der Waals surface area contributed by atoms with Crippen molar-refractivity contribution >= 4 is 26.7 Å². The summed E-state index contributed by atoms with van der Waals surface area (Å²) in [6.45, 7) is 9.65. The van der Waals surface area contributed by atoms with Crippen molar-refractivity contribution in [2.75, 3.05) is 50.0 Å². The minimum atomic E-state index is -3.48. The number of nitrogens with zero attached hydrogens (tertiary/aromatic N) is 3. The van der Waals surface area contributed by atoms with Gasteiger partial charge in [0.2, 0.25) is 10.0 Å². The van der Waals surface area contributed by atoms with Gasteiger partial charge in [-0.2, -0.15) is 0 Å². The number of aliphatic hydroxyl groups is 1. The summed E-state index contributed by atoms with van der Waals surface area (Å²) in [7, 11) is -1.90. The zero-order valence-corrected chi connectivity index (χ0v) is 19.9. The molecule has 1 aromatic carbocycles. The lowest BCUT2D eigenvalue weighted by Gasteiger charge is -2.26. The molecule has 2 heterocycles. The second kappa shape index (κ2) is 9.85. The third-order valence-electron chi connectivity index (χ3n) is 5.79. The minimum Gasteiger partial charge on any atom is -0.395 e. The molecule has 0 unspecified atom stereocenters. The van der Waals surface area contributed by atoms with Crippen molar-refractivity contribution < 1.29 is 18.3 Å². The first-order valence-electron chi connectivity index (χ1n) is 11.0. The van der Waals surface area contributed by atoms with Crippen molar-refractivity contribution in [3.8, 4) is 0 Å². The molecule has 0 amide bonds. The number of sulfonamides is 1. The summed E-state index contributed by atoms with van der Waals surface area (Å²) in [5, 5.41) is 11.7. The number of hydrogen-bond acceptors (Lipinski definition) is 6. The maximum absolute atomic E-state index is 12.7. The zero-order valence-electron chi connectivity index (χ0n) is 19.1. The molecule has 0 aliphatic carbocycles. The van der Waals surface area contributed by atoms with Crippen molar-refractivity contribution in [3.05, 3.63) is 24.0 Å². The van der Waals surface area contributed by atoms with E-state index in [0.29, 0.717) is 24.7 Å². The number of ether oxygens (including phenoxy) is 1. The average Bonchev–Trinajstić information content (AvgIpc) is 3.09. The Kier molecular flexibility index (Phi) is 7.62. The number of rotatable bonds is 9. The molecular formula is C22H36N4O4S. The monoisotopic (exact) mass is 452 g/mol. The van der Waals surface area contributed by atoms with Gasteiger partial charge in [-0.1, -0.05) is 20.8 Å². The van der Waals surface area contributed by atoms with Crippen molar-refractivity contribution in [2.45, 2.75) is 45.6 Å². The molecule has 0 radical (unpaired) electrons. The number of imidazole rings is 1. The van der Waals surface area contributed by atoms with Gasteiger partial charge in [0, 0.05) is 45.3 Å². The van der Waals surface area contributed by atoms with Crippen LogP contribution in [0, 0.1) is 5.92 Å². The molecular weight excluding hydrogens is 416 g/mol. The Morgan fingerprint density at radius 2 is 1.97 bits per heavy atom. The number of fused-ring (bicyclic) bond motifs is 1. The molecule has 31 heavy (non-hydrogen) atoms. The van der Waals surface area contributed by atoms with E-state index < -0.39 is 10.0 Å². The number of aromatic nitrogens is 2. The highest BCUT2D eigenvalue weighted by molar-refractivity contribution is 7.92. The van der Waals surface area contributed by atoms with Crippen LogP contribution in [0.2, 0.25) is 0 Å². The van der Waals surface area contributed by atoms with Gasteiger partial charge in [-0.25, -0.2) is 13.4 Å². The molecule has 1 saturated heterocycles. The van der Waals surface area contributed by atoms with E-state index in [1.165, 1.54) is 4.31 Å². The topological polar surface area (TPSA) is 96.7 Å². The lowest BCUT2D eigenvalue weighted by molar-refractivity contribution is 0.0611.